The zero-order valence-electron chi connectivity index (χ0n) is 7.99. The predicted octanol–water partition coefficient (Wildman–Crippen LogP) is 0.529. The topological polar surface area (TPSA) is 80.4 Å². The Morgan fingerprint density at radius 3 is 2.71 bits per heavy atom. The van der Waals surface area contributed by atoms with Crippen molar-refractivity contribution in [2.75, 3.05) is 0 Å². The summed E-state index contributed by atoms with van der Waals surface area (Å²) in [5.41, 5.74) is 5.52. The highest BCUT2D eigenvalue weighted by Crippen LogP contribution is 2.56. The molecule has 2 aliphatic rings. The van der Waals surface area contributed by atoms with Gasteiger partial charge in [0.15, 0.2) is 0 Å². The van der Waals surface area contributed by atoms with Crippen LogP contribution in [0.5, 0.6) is 0 Å². The number of rotatable bonds is 2. The molecule has 3 atom stereocenters. The first-order valence-corrected chi connectivity index (χ1v) is 4.69. The molecular formula is C10H13NO3. The molecule has 0 aromatic rings. The van der Waals surface area contributed by atoms with E-state index in [1.807, 2.05) is 6.92 Å². The average molecular weight is 195 g/mol. The van der Waals surface area contributed by atoms with Crippen LogP contribution in [0.1, 0.15) is 19.8 Å². The zero-order chi connectivity index (χ0) is 10.5. The van der Waals surface area contributed by atoms with Gasteiger partial charge < -0.3 is 10.8 Å². The van der Waals surface area contributed by atoms with E-state index in [1.54, 1.807) is 6.08 Å². The van der Waals surface area contributed by atoms with Crippen LogP contribution in [-0.2, 0) is 9.59 Å². The number of amides is 1. The highest BCUT2D eigenvalue weighted by Gasteiger charge is 2.57. The minimum absolute atomic E-state index is 0.239. The number of carbonyl (C=O) groups excluding carboxylic acids is 1. The van der Waals surface area contributed by atoms with E-state index >= 15 is 0 Å². The summed E-state index contributed by atoms with van der Waals surface area (Å²) in [7, 11) is 0. The third-order valence-corrected chi connectivity index (χ3v) is 3.61. The maximum atomic E-state index is 11.4. The molecule has 0 radical (unpaired) electrons. The van der Waals surface area contributed by atoms with Crippen LogP contribution in [0.4, 0.5) is 0 Å². The zero-order valence-corrected chi connectivity index (χ0v) is 7.99. The molecular weight excluding hydrogens is 182 g/mol. The van der Waals surface area contributed by atoms with E-state index < -0.39 is 23.2 Å². The number of nitrogens with two attached hydrogens (primary N) is 1. The number of carboxylic acid groups (broad SMARTS) is 1. The third-order valence-electron chi connectivity index (χ3n) is 3.61. The van der Waals surface area contributed by atoms with Gasteiger partial charge >= 0.3 is 5.97 Å². The number of primary amides is 1. The Kier molecular flexibility index (Phi) is 1.71. The van der Waals surface area contributed by atoms with Crippen molar-refractivity contribution >= 4 is 11.9 Å². The fourth-order valence-corrected chi connectivity index (χ4v) is 2.82. The van der Waals surface area contributed by atoms with Crippen molar-refractivity contribution in [3.05, 3.63) is 11.6 Å². The molecule has 14 heavy (non-hydrogen) atoms. The lowest BCUT2D eigenvalue weighted by atomic mass is 9.76. The molecule has 0 spiro atoms. The number of allylic oxidation sites excluding steroid dienone is 1. The van der Waals surface area contributed by atoms with Crippen molar-refractivity contribution in [1.29, 1.82) is 0 Å². The molecule has 1 amide bonds. The Morgan fingerprint density at radius 2 is 2.29 bits per heavy atom. The van der Waals surface area contributed by atoms with Crippen molar-refractivity contribution in [3.8, 4) is 0 Å². The lowest BCUT2D eigenvalue weighted by Crippen LogP contribution is -2.41. The van der Waals surface area contributed by atoms with Gasteiger partial charge in [0, 0.05) is 0 Å². The number of fused-ring (bicyclic) bond motifs is 2. The Morgan fingerprint density at radius 1 is 1.64 bits per heavy atom. The molecule has 0 aromatic carbocycles. The highest BCUT2D eigenvalue weighted by atomic mass is 16.4. The Bertz CT molecular complexity index is 347. The molecule has 2 bridgehead atoms. The fraction of sp³-hybridized carbons (Fsp3) is 0.600. The summed E-state index contributed by atoms with van der Waals surface area (Å²) in [6, 6.07) is 0. The van der Waals surface area contributed by atoms with Gasteiger partial charge in [0.2, 0.25) is 5.91 Å². The molecule has 3 N–H and O–H groups in total. The fourth-order valence-electron chi connectivity index (χ4n) is 2.82. The summed E-state index contributed by atoms with van der Waals surface area (Å²) >= 11 is 0. The van der Waals surface area contributed by atoms with Crippen LogP contribution in [0, 0.1) is 17.3 Å². The molecule has 0 aromatic heterocycles. The van der Waals surface area contributed by atoms with Gasteiger partial charge in [0.25, 0.3) is 0 Å². The summed E-state index contributed by atoms with van der Waals surface area (Å²) in [5.74, 6) is -1.78. The smallest absolute Gasteiger partial charge is 0.307 e. The number of aliphatic carboxylic acids is 1. The summed E-state index contributed by atoms with van der Waals surface area (Å²) in [6.45, 7) is 1.94. The highest BCUT2D eigenvalue weighted by molar-refractivity contribution is 5.91. The molecule has 76 valence electrons. The van der Waals surface area contributed by atoms with Crippen LogP contribution in [0.3, 0.4) is 0 Å². The monoisotopic (exact) mass is 195 g/mol. The maximum absolute atomic E-state index is 11.4. The van der Waals surface area contributed by atoms with Gasteiger partial charge in [-0.2, -0.15) is 0 Å². The van der Waals surface area contributed by atoms with E-state index in [2.05, 4.69) is 0 Å². The van der Waals surface area contributed by atoms with Crippen molar-refractivity contribution in [3.63, 3.8) is 0 Å². The van der Waals surface area contributed by atoms with Crippen LogP contribution in [-0.4, -0.2) is 17.0 Å². The Hall–Kier alpha value is -1.32. The van der Waals surface area contributed by atoms with E-state index in [0.29, 0.717) is 12.8 Å². The second-order valence-electron chi connectivity index (χ2n) is 4.32. The molecule has 1 saturated carbocycles. The lowest BCUT2D eigenvalue weighted by molar-refractivity contribution is -0.148. The van der Waals surface area contributed by atoms with Crippen LogP contribution in [0.2, 0.25) is 0 Å². The van der Waals surface area contributed by atoms with Crippen molar-refractivity contribution in [2.24, 2.45) is 23.0 Å². The number of hydrogen-bond donors (Lipinski definition) is 2. The first kappa shape index (κ1) is 9.24. The summed E-state index contributed by atoms with van der Waals surface area (Å²) < 4.78 is 0. The quantitative estimate of drug-likeness (QED) is 0.630. The van der Waals surface area contributed by atoms with Gasteiger partial charge in [-0.25, -0.2) is 0 Å². The van der Waals surface area contributed by atoms with E-state index in [1.165, 1.54) is 0 Å². The molecule has 1 fully saturated rings. The molecule has 3 unspecified atom stereocenters. The second-order valence-corrected chi connectivity index (χ2v) is 4.32. The first-order valence-electron chi connectivity index (χ1n) is 4.69. The number of hydrogen-bond acceptors (Lipinski definition) is 2. The first-order chi connectivity index (χ1) is 6.47. The summed E-state index contributed by atoms with van der Waals surface area (Å²) in [4.78, 5) is 22.3. The van der Waals surface area contributed by atoms with Crippen LogP contribution >= 0.6 is 0 Å². The molecule has 4 nitrogen and oxygen atoms in total. The lowest BCUT2D eigenvalue weighted by Gasteiger charge is -2.26. The number of carbonyl (C=O) groups is 2. The normalized spacial score (nSPS) is 39.6. The molecule has 0 saturated heterocycles. The van der Waals surface area contributed by atoms with Crippen LogP contribution < -0.4 is 5.73 Å². The maximum Gasteiger partial charge on any atom is 0.307 e. The van der Waals surface area contributed by atoms with Gasteiger partial charge in [-0.15, -0.1) is 0 Å². The Balaban J connectivity index is 2.44. The number of carboxylic acids is 1. The Labute approximate surface area is 81.8 Å². The van der Waals surface area contributed by atoms with Crippen LogP contribution in [0.25, 0.3) is 0 Å². The third kappa shape index (κ3) is 0.937. The molecule has 0 heterocycles. The SMILES string of the molecule is CC1=CC2(C(N)=O)CC1CC2C(=O)O. The summed E-state index contributed by atoms with van der Waals surface area (Å²) in [5, 5.41) is 9.00. The van der Waals surface area contributed by atoms with Crippen LogP contribution in [0.15, 0.2) is 11.6 Å². The predicted molar refractivity (Wildman–Crippen MR) is 49.2 cm³/mol. The second kappa shape index (κ2) is 2.59. The van der Waals surface area contributed by atoms with Gasteiger partial charge in [-0.1, -0.05) is 11.6 Å². The minimum atomic E-state index is -0.907. The van der Waals surface area contributed by atoms with Gasteiger partial charge in [0.05, 0.1) is 11.3 Å². The van der Waals surface area contributed by atoms with E-state index in [0.717, 1.165) is 5.57 Å². The van der Waals surface area contributed by atoms with Crippen molar-refractivity contribution in [1.82, 2.24) is 0 Å². The van der Waals surface area contributed by atoms with E-state index in [4.69, 9.17) is 10.8 Å². The molecule has 4 heteroatoms. The van der Waals surface area contributed by atoms with Crippen molar-refractivity contribution in [2.45, 2.75) is 19.8 Å². The van der Waals surface area contributed by atoms with Crippen molar-refractivity contribution < 1.29 is 14.7 Å². The van der Waals surface area contributed by atoms with Gasteiger partial charge in [0.1, 0.15) is 0 Å². The van der Waals surface area contributed by atoms with E-state index in [9.17, 15) is 9.59 Å². The van der Waals surface area contributed by atoms with Gasteiger partial charge in [-0.3, -0.25) is 9.59 Å². The molecule has 0 aliphatic heterocycles. The molecule has 2 rings (SSSR count). The van der Waals surface area contributed by atoms with E-state index in [-0.39, 0.29) is 5.92 Å². The summed E-state index contributed by atoms with van der Waals surface area (Å²) in [6.07, 6.45) is 2.91. The van der Waals surface area contributed by atoms with Gasteiger partial charge in [-0.05, 0) is 25.7 Å². The molecule has 2 aliphatic carbocycles. The minimum Gasteiger partial charge on any atom is -0.481 e. The average Bonchev–Trinajstić information content (AvgIpc) is 2.58. The largest absolute Gasteiger partial charge is 0.481 e. The standard InChI is InChI=1S/C10H13NO3/c1-5-3-10(9(11)14)4-6(5)2-7(10)8(12)13/h3,6-7H,2,4H2,1H3,(H2,11,14)(H,12,13).